The van der Waals surface area contributed by atoms with Crippen LogP contribution in [0, 0.1) is 5.92 Å². The maximum absolute atomic E-state index is 12.7. The lowest BCUT2D eigenvalue weighted by Gasteiger charge is -2.35. The van der Waals surface area contributed by atoms with Crippen LogP contribution in [0.4, 0.5) is 9.59 Å². The van der Waals surface area contributed by atoms with Crippen LogP contribution in [0.5, 0.6) is 0 Å². The molecule has 1 unspecified atom stereocenters. The molecule has 2 aromatic carbocycles. The lowest BCUT2D eigenvalue weighted by atomic mass is 9.88. The number of amides is 2. The number of ether oxygens (including phenoxy) is 2. The van der Waals surface area contributed by atoms with Gasteiger partial charge in [-0.15, -0.1) is 0 Å². The first-order valence-corrected chi connectivity index (χ1v) is 12.7. The van der Waals surface area contributed by atoms with E-state index in [1.165, 1.54) is 0 Å². The summed E-state index contributed by atoms with van der Waals surface area (Å²) < 4.78 is 16.7. The predicted octanol–water partition coefficient (Wildman–Crippen LogP) is 5.19. The van der Waals surface area contributed by atoms with Crippen LogP contribution in [-0.4, -0.2) is 51.9 Å². The summed E-state index contributed by atoms with van der Waals surface area (Å²) in [6.45, 7) is 6.75. The van der Waals surface area contributed by atoms with Crippen molar-refractivity contribution in [3.8, 4) is 0 Å². The first kappa shape index (κ1) is 26.5. The molecular weight excluding hydrogens is 474 g/mol. The lowest BCUT2D eigenvalue weighted by Crippen LogP contribution is -2.45. The molecule has 1 aliphatic heterocycles. The fraction of sp³-hybridized carbons (Fsp3) is 0.464. The van der Waals surface area contributed by atoms with E-state index in [-0.39, 0.29) is 24.5 Å². The van der Waals surface area contributed by atoms with E-state index in [0.717, 1.165) is 18.4 Å². The van der Waals surface area contributed by atoms with E-state index in [0.29, 0.717) is 30.6 Å². The van der Waals surface area contributed by atoms with Crippen LogP contribution in [0.3, 0.4) is 0 Å². The molecule has 3 aromatic rings. The van der Waals surface area contributed by atoms with Crippen LogP contribution >= 0.6 is 0 Å². The van der Waals surface area contributed by atoms with Crippen molar-refractivity contribution in [2.24, 2.45) is 5.92 Å². The molecule has 2 amide bonds. The molecular formula is C28H35N3O6. The van der Waals surface area contributed by atoms with Crippen LogP contribution in [0.2, 0.25) is 0 Å². The number of likely N-dealkylation sites (tertiary alicyclic amines) is 1. The Bertz CT molecular complexity index is 1150. The van der Waals surface area contributed by atoms with Gasteiger partial charge in [0.1, 0.15) is 17.7 Å². The van der Waals surface area contributed by atoms with E-state index in [1.54, 1.807) is 17.0 Å². The third kappa shape index (κ3) is 7.45. The number of carbonyl (C=O) groups excluding carboxylic acids is 2. The molecule has 0 saturated carbocycles. The number of fused-ring (bicyclic) bond motifs is 1. The summed E-state index contributed by atoms with van der Waals surface area (Å²) in [6.07, 6.45) is -0.205. The standard InChI is InChI=1S/C28H35N3O6/c1-28(2,3)37-27(34)31-15-13-19(14-16-31)17-22(30-26(33)35-18-20-9-5-4-6-10-20)24(32)25-29-21-11-7-8-12-23(21)36-25/h4-12,19,22,24,32H,13-18H2,1-3H3,(H,30,33)/t22-,24?/m0/s1. The van der Waals surface area contributed by atoms with Crippen molar-refractivity contribution in [1.82, 2.24) is 15.2 Å². The van der Waals surface area contributed by atoms with Gasteiger partial charge in [-0.1, -0.05) is 42.5 Å². The minimum Gasteiger partial charge on any atom is -0.445 e. The van der Waals surface area contributed by atoms with E-state index in [9.17, 15) is 14.7 Å². The van der Waals surface area contributed by atoms with Gasteiger partial charge in [0.2, 0.25) is 5.89 Å². The predicted molar refractivity (Wildman–Crippen MR) is 138 cm³/mol. The normalized spacial score (nSPS) is 16.3. The molecule has 2 atom stereocenters. The number of aromatic nitrogens is 1. The highest BCUT2D eigenvalue weighted by atomic mass is 16.6. The van der Waals surface area contributed by atoms with Crippen molar-refractivity contribution >= 4 is 23.3 Å². The number of para-hydroxylation sites is 2. The molecule has 4 rings (SSSR count). The summed E-state index contributed by atoms with van der Waals surface area (Å²) >= 11 is 0. The van der Waals surface area contributed by atoms with Gasteiger partial charge >= 0.3 is 12.2 Å². The van der Waals surface area contributed by atoms with Gasteiger partial charge in [0, 0.05) is 13.1 Å². The molecule has 1 saturated heterocycles. The SMILES string of the molecule is CC(C)(C)OC(=O)N1CCC(C[C@H](NC(=O)OCc2ccccc2)C(O)c2nc3ccccc3o2)CC1. The summed E-state index contributed by atoms with van der Waals surface area (Å²) in [5.41, 5.74) is 1.51. The van der Waals surface area contributed by atoms with Gasteiger partial charge in [0.15, 0.2) is 11.7 Å². The van der Waals surface area contributed by atoms with Crippen LogP contribution in [-0.2, 0) is 16.1 Å². The second-order valence-corrected chi connectivity index (χ2v) is 10.4. The van der Waals surface area contributed by atoms with Crippen molar-refractivity contribution in [2.75, 3.05) is 13.1 Å². The Hall–Kier alpha value is -3.59. The largest absolute Gasteiger partial charge is 0.445 e. The molecule has 0 bridgehead atoms. The minimum atomic E-state index is -1.17. The number of carbonyl (C=O) groups is 2. The quantitative estimate of drug-likeness (QED) is 0.450. The number of piperidine rings is 1. The average molecular weight is 510 g/mol. The smallest absolute Gasteiger partial charge is 0.410 e. The molecule has 37 heavy (non-hydrogen) atoms. The molecule has 2 heterocycles. The maximum atomic E-state index is 12.7. The first-order chi connectivity index (χ1) is 17.7. The van der Waals surface area contributed by atoms with Gasteiger partial charge in [-0.25, -0.2) is 14.6 Å². The Morgan fingerprint density at radius 3 is 2.46 bits per heavy atom. The van der Waals surface area contributed by atoms with Crippen molar-refractivity contribution in [2.45, 2.75) is 64.4 Å². The number of alkyl carbamates (subject to hydrolysis) is 1. The number of rotatable bonds is 7. The van der Waals surface area contributed by atoms with E-state index < -0.39 is 23.8 Å². The zero-order valence-electron chi connectivity index (χ0n) is 21.6. The van der Waals surface area contributed by atoms with Gasteiger partial charge in [0.25, 0.3) is 0 Å². The highest BCUT2D eigenvalue weighted by Gasteiger charge is 2.33. The number of hydrogen-bond donors (Lipinski definition) is 2. The second-order valence-electron chi connectivity index (χ2n) is 10.4. The highest BCUT2D eigenvalue weighted by Crippen LogP contribution is 2.29. The van der Waals surface area contributed by atoms with Crippen LogP contribution in [0.1, 0.15) is 57.6 Å². The number of nitrogens with zero attached hydrogens (tertiary/aromatic N) is 2. The van der Waals surface area contributed by atoms with Gasteiger partial charge in [0.05, 0.1) is 6.04 Å². The molecule has 9 heteroatoms. The van der Waals surface area contributed by atoms with Crippen molar-refractivity contribution in [3.05, 3.63) is 66.1 Å². The number of hydrogen-bond acceptors (Lipinski definition) is 7. The number of oxazole rings is 1. The van der Waals surface area contributed by atoms with E-state index >= 15 is 0 Å². The molecule has 0 spiro atoms. The molecule has 2 N–H and O–H groups in total. The zero-order valence-corrected chi connectivity index (χ0v) is 21.6. The van der Waals surface area contributed by atoms with E-state index in [4.69, 9.17) is 13.9 Å². The number of nitrogens with one attached hydrogen (secondary N) is 1. The molecule has 1 aliphatic rings. The molecule has 1 aromatic heterocycles. The Balaban J connectivity index is 1.41. The van der Waals surface area contributed by atoms with Gasteiger partial charge < -0.3 is 29.2 Å². The summed E-state index contributed by atoms with van der Waals surface area (Å²) in [7, 11) is 0. The van der Waals surface area contributed by atoms with Crippen LogP contribution in [0.15, 0.2) is 59.0 Å². The molecule has 198 valence electrons. The van der Waals surface area contributed by atoms with Crippen LogP contribution in [0.25, 0.3) is 11.1 Å². The second kappa shape index (κ2) is 11.6. The Kier molecular flexibility index (Phi) is 8.33. The molecule has 0 aliphatic carbocycles. The third-order valence-corrected chi connectivity index (χ3v) is 6.31. The molecule has 1 fully saturated rings. The summed E-state index contributed by atoms with van der Waals surface area (Å²) in [5.74, 6) is 0.304. The molecule has 9 nitrogen and oxygen atoms in total. The van der Waals surface area contributed by atoms with Crippen molar-refractivity contribution in [1.29, 1.82) is 0 Å². The summed E-state index contributed by atoms with van der Waals surface area (Å²) in [6, 6.07) is 16.0. The monoisotopic (exact) mass is 509 g/mol. The summed E-state index contributed by atoms with van der Waals surface area (Å²) in [4.78, 5) is 31.2. The highest BCUT2D eigenvalue weighted by molar-refractivity contribution is 5.72. The fourth-order valence-corrected chi connectivity index (χ4v) is 4.41. The van der Waals surface area contributed by atoms with Gasteiger partial charge in [-0.3, -0.25) is 0 Å². The molecule has 0 radical (unpaired) electrons. The topological polar surface area (TPSA) is 114 Å². The number of aliphatic hydroxyl groups is 1. The minimum absolute atomic E-state index is 0.118. The van der Waals surface area contributed by atoms with Gasteiger partial charge in [-0.2, -0.15) is 0 Å². The average Bonchev–Trinajstić information content (AvgIpc) is 3.31. The zero-order chi connectivity index (χ0) is 26.4. The maximum Gasteiger partial charge on any atom is 0.410 e. The van der Waals surface area contributed by atoms with E-state index in [1.807, 2.05) is 63.2 Å². The van der Waals surface area contributed by atoms with Crippen LogP contribution < -0.4 is 5.32 Å². The number of aliphatic hydroxyl groups excluding tert-OH is 1. The fourth-order valence-electron chi connectivity index (χ4n) is 4.41. The Labute approximate surface area is 216 Å². The summed E-state index contributed by atoms with van der Waals surface area (Å²) in [5, 5.41) is 14.0. The Morgan fingerprint density at radius 1 is 1.11 bits per heavy atom. The number of benzene rings is 2. The van der Waals surface area contributed by atoms with Crippen molar-refractivity contribution in [3.63, 3.8) is 0 Å². The van der Waals surface area contributed by atoms with Crippen molar-refractivity contribution < 1.29 is 28.6 Å². The first-order valence-electron chi connectivity index (χ1n) is 12.7. The van der Waals surface area contributed by atoms with Gasteiger partial charge in [-0.05, 0) is 63.6 Å². The Morgan fingerprint density at radius 2 is 1.78 bits per heavy atom. The van der Waals surface area contributed by atoms with E-state index in [2.05, 4.69) is 10.3 Å². The third-order valence-electron chi connectivity index (χ3n) is 6.31. The lowest BCUT2D eigenvalue weighted by molar-refractivity contribution is 0.0161.